The van der Waals surface area contributed by atoms with Crippen LogP contribution in [-0.2, 0) is 0 Å². The molecule has 0 atom stereocenters. The first-order valence-corrected chi connectivity index (χ1v) is 6.20. The van der Waals surface area contributed by atoms with Gasteiger partial charge in [0.25, 0.3) is 0 Å². The number of nitrogens with zero attached hydrogens (tertiary/aromatic N) is 2. The van der Waals surface area contributed by atoms with E-state index in [1.54, 1.807) is 6.08 Å². The molecule has 0 N–H and O–H groups in total. The molecular weight excluding hydrogens is 243 g/mol. The monoisotopic (exact) mass is 260 g/mol. The summed E-state index contributed by atoms with van der Waals surface area (Å²) in [5, 5.41) is 0.871. The van der Waals surface area contributed by atoms with Crippen molar-refractivity contribution in [3.05, 3.63) is 35.0 Å². The Bertz CT molecular complexity index is 302. The molecule has 0 saturated carbocycles. The summed E-state index contributed by atoms with van der Waals surface area (Å²) in [5.74, 6) is 0. The molecular formula is C12H18Cl2N2. The van der Waals surface area contributed by atoms with Gasteiger partial charge in [0.05, 0.1) is 15.8 Å². The Morgan fingerprint density at radius 3 is 2.19 bits per heavy atom. The van der Waals surface area contributed by atoms with Gasteiger partial charge in [-0.15, -0.1) is 0 Å². The fraction of sp³-hybridized carbons (Fsp3) is 0.500. The van der Waals surface area contributed by atoms with Crippen LogP contribution in [0.25, 0.3) is 0 Å². The topological polar surface area (TPSA) is 6.48 Å². The van der Waals surface area contributed by atoms with Crippen LogP contribution in [0.15, 0.2) is 35.0 Å². The molecule has 1 aliphatic heterocycles. The van der Waals surface area contributed by atoms with Crippen molar-refractivity contribution in [2.75, 3.05) is 32.7 Å². The van der Waals surface area contributed by atoms with E-state index in [0.717, 1.165) is 38.4 Å². The highest BCUT2D eigenvalue weighted by Crippen LogP contribution is 2.25. The maximum absolute atomic E-state index is 6.11. The summed E-state index contributed by atoms with van der Waals surface area (Å²) < 4.78 is 0. The van der Waals surface area contributed by atoms with Crippen LogP contribution in [0.3, 0.4) is 0 Å². The van der Waals surface area contributed by atoms with E-state index >= 15 is 0 Å². The number of allylic oxidation sites excluding steroid dienone is 3. The number of piperazine rings is 1. The van der Waals surface area contributed by atoms with Crippen molar-refractivity contribution in [3.63, 3.8) is 0 Å². The van der Waals surface area contributed by atoms with Crippen molar-refractivity contribution in [1.29, 1.82) is 0 Å². The molecule has 4 heteroatoms. The van der Waals surface area contributed by atoms with Gasteiger partial charge in [0.2, 0.25) is 0 Å². The molecule has 0 aromatic rings. The highest BCUT2D eigenvalue weighted by Gasteiger charge is 2.18. The molecule has 0 amide bonds. The second-order valence-electron chi connectivity index (χ2n) is 3.73. The van der Waals surface area contributed by atoms with Gasteiger partial charge in [0.1, 0.15) is 0 Å². The molecule has 90 valence electrons. The Balaban J connectivity index is 2.74. The average Bonchev–Trinajstić information content (AvgIpc) is 2.30. The summed E-state index contributed by atoms with van der Waals surface area (Å²) in [6, 6.07) is 0. The number of rotatable bonds is 4. The maximum Gasteiger partial charge on any atom is 0.0819 e. The van der Waals surface area contributed by atoms with E-state index in [-0.39, 0.29) is 0 Å². The van der Waals surface area contributed by atoms with Gasteiger partial charge in [-0.05, 0) is 12.6 Å². The second-order valence-corrected chi connectivity index (χ2v) is 4.56. The largest absolute Gasteiger partial charge is 0.368 e. The minimum Gasteiger partial charge on any atom is -0.368 e. The fourth-order valence-corrected chi connectivity index (χ4v) is 2.09. The summed E-state index contributed by atoms with van der Waals surface area (Å²) in [6.45, 7) is 14.7. The summed E-state index contributed by atoms with van der Waals surface area (Å²) in [7, 11) is 0. The maximum atomic E-state index is 6.11. The summed E-state index contributed by atoms with van der Waals surface area (Å²) >= 11 is 11.9. The lowest BCUT2D eigenvalue weighted by Gasteiger charge is -2.36. The van der Waals surface area contributed by atoms with E-state index in [1.807, 2.05) is 0 Å². The normalized spacial score (nSPS) is 19.3. The Morgan fingerprint density at radius 1 is 1.25 bits per heavy atom. The van der Waals surface area contributed by atoms with Gasteiger partial charge in [0.15, 0.2) is 0 Å². The van der Waals surface area contributed by atoms with Crippen molar-refractivity contribution >= 4 is 23.2 Å². The van der Waals surface area contributed by atoms with Crippen LogP contribution in [0.5, 0.6) is 0 Å². The minimum absolute atomic E-state index is 0.370. The van der Waals surface area contributed by atoms with Crippen LogP contribution in [-0.4, -0.2) is 42.5 Å². The third-order valence-electron chi connectivity index (χ3n) is 2.82. The lowest BCUT2D eigenvalue weighted by atomic mass is 10.2. The Morgan fingerprint density at radius 2 is 1.81 bits per heavy atom. The van der Waals surface area contributed by atoms with Crippen molar-refractivity contribution in [2.45, 2.75) is 6.92 Å². The minimum atomic E-state index is 0.370. The Kier molecular flexibility index (Phi) is 5.39. The van der Waals surface area contributed by atoms with Crippen LogP contribution in [0.2, 0.25) is 0 Å². The first-order chi connectivity index (χ1) is 7.60. The van der Waals surface area contributed by atoms with E-state index in [0.29, 0.717) is 10.1 Å². The average molecular weight is 261 g/mol. The van der Waals surface area contributed by atoms with E-state index < -0.39 is 0 Å². The molecule has 0 aromatic heterocycles. The first-order valence-electron chi connectivity index (χ1n) is 5.44. The van der Waals surface area contributed by atoms with Crippen LogP contribution >= 0.6 is 23.2 Å². The zero-order valence-corrected chi connectivity index (χ0v) is 11.2. The molecule has 0 unspecified atom stereocenters. The summed E-state index contributed by atoms with van der Waals surface area (Å²) in [5.41, 5.74) is 0.886. The third kappa shape index (κ3) is 3.27. The molecule has 0 bridgehead atoms. The smallest absolute Gasteiger partial charge is 0.0819 e. The molecule has 0 aromatic carbocycles. The molecule has 1 saturated heterocycles. The van der Waals surface area contributed by atoms with Crippen molar-refractivity contribution in [2.24, 2.45) is 0 Å². The molecule has 0 aliphatic carbocycles. The van der Waals surface area contributed by atoms with Crippen molar-refractivity contribution in [1.82, 2.24) is 9.80 Å². The van der Waals surface area contributed by atoms with Gasteiger partial charge >= 0.3 is 0 Å². The highest BCUT2D eigenvalue weighted by atomic mass is 35.5. The Hall–Kier alpha value is -0.440. The van der Waals surface area contributed by atoms with E-state index in [9.17, 15) is 0 Å². The molecule has 0 spiro atoms. The summed E-state index contributed by atoms with van der Waals surface area (Å²) in [4.78, 5) is 4.61. The van der Waals surface area contributed by atoms with Crippen LogP contribution in [0, 0.1) is 0 Å². The summed E-state index contributed by atoms with van der Waals surface area (Å²) in [6.07, 6.45) is 1.75. The quantitative estimate of drug-likeness (QED) is 0.718. The zero-order valence-electron chi connectivity index (χ0n) is 9.68. The molecule has 1 fully saturated rings. The van der Waals surface area contributed by atoms with E-state index in [4.69, 9.17) is 23.2 Å². The second kappa shape index (κ2) is 6.33. The molecule has 1 aliphatic rings. The molecule has 16 heavy (non-hydrogen) atoms. The predicted octanol–water partition coefficient (Wildman–Crippen LogP) is 3.01. The van der Waals surface area contributed by atoms with E-state index in [2.05, 4.69) is 29.9 Å². The molecule has 1 heterocycles. The molecule has 0 radical (unpaired) electrons. The third-order valence-corrected chi connectivity index (χ3v) is 3.52. The number of hydrogen-bond acceptors (Lipinski definition) is 2. The van der Waals surface area contributed by atoms with Crippen LogP contribution in [0.4, 0.5) is 0 Å². The fourth-order valence-electron chi connectivity index (χ4n) is 1.80. The van der Waals surface area contributed by atoms with Gasteiger partial charge in [-0.1, -0.05) is 43.3 Å². The number of halogens is 2. The van der Waals surface area contributed by atoms with Gasteiger partial charge in [-0.2, -0.15) is 0 Å². The highest BCUT2D eigenvalue weighted by molar-refractivity contribution is 6.44. The standard InChI is InChI=1S/C12H18Cl2N2/c1-4-11(12(14)10(3)13)16-8-6-15(5-2)7-9-16/h4H,1,3,5-9H2,2H3/b12-11-. The molecule has 2 nitrogen and oxygen atoms in total. The van der Waals surface area contributed by atoms with E-state index in [1.165, 1.54) is 0 Å². The SMILES string of the molecule is C=C/C(=C(/Cl)C(=C)Cl)N1CCN(CC)CC1. The lowest BCUT2D eigenvalue weighted by Crippen LogP contribution is -2.45. The Labute approximate surface area is 108 Å². The lowest BCUT2D eigenvalue weighted by molar-refractivity contribution is 0.168. The van der Waals surface area contributed by atoms with Gasteiger partial charge in [0, 0.05) is 26.2 Å². The van der Waals surface area contributed by atoms with Gasteiger partial charge in [-0.3, -0.25) is 0 Å². The number of likely N-dealkylation sites (N-methyl/N-ethyl adjacent to an activating group) is 1. The van der Waals surface area contributed by atoms with Crippen molar-refractivity contribution in [3.8, 4) is 0 Å². The number of hydrogen-bond donors (Lipinski definition) is 0. The first kappa shape index (κ1) is 13.6. The van der Waals surface area contributed by atoms with Crippen LogP contribution < -0.4 is 0 Å². The predicted molar refractivity (Wildman–Crippen MR) is 71.8 cm³/mol. The van der Waals surface area contributed by atoms with Crippen molar-refractivity contribution < 1.29 is 0 Å². The zero-order chi connectivity index (χ0) is 12.1. The van der Waals surface area contributed by atoms with Gasteiger partial charge < -0.3 is 9.80 Å². The van der Waals surface area contributed by atoms with Gasteiger partial charge in [-0.25, -0.2) is 0 Å². The van der Waals surface area contributed by atoms with Crippen LogP contribution in [0.1, 0.15) is 6.92 Å². The molecule has 1 rings (SSSR count).